The Morgan fingerprint density at radius 3 is 2.68 bits per heavy atom. The van der Waals surface area contributed by atoms with Crippen molar-refractivity contribution in [2.24, 2.45) is 5.73 Å². The monoisotopic (exact) mass is 280 g/mol. The van der Waals surface area contributed by atoms with E-state index in [1.807, 2.05) is 0 Å². The van der Waals surface area contributed by atoms with E-state index in [2.05, 4.69) is 15.4 Å². The molecule has 0 fully saturated rings. The maximum absolute atomic E-state index is 11.2. The van der Waals surface area contributed by atoms with Gasteiger partial charge in [0.2, 0.25) is 0 Å². The number of aromatic nitrogens is 3. The highest BCUT2D eigenvalue weighted by molar-refractivity contribution is 6.17. The van der Waals surface area contributed by atoms with Crippen LogP contribution in [0.5, 0.6) is 5.75 Å². The molecule has 0 unspecified atom stereocenters. The Labute approximate surface area is 114 Å². The first-order chi connectivity index (χ1) is 9.22. The Bertz CT molecular complexity index is 553. The number of hydrogen-bond donors (Lipinski definition) is 2. The van der Waals surface area contributed by atoms with Gasteiger partial charge in [0, 0.05) is 11.4 Å². The first kappa shape index (κ1) is 13.4. The summed E-state index contributed by atoms with van der Waals surface area (Å²) in [6.45, 7) is 0.569. The molecule has 1 heterocycles. The number of amides is 1. The zero-order valence-electron chi connectivity index (χ0n) is 10.1. The zero-order chi connectivity index (χ0) is 13.7. The molecule has 0 aliphatic rings. The second kappa shape index (κ2) is 6.19. The summed E-state index contributed by atoms with van der Waals surface area (Å²) in [5, 5.41) is 10.0. The van der Waals surface area contributed by atoms with E-state index in [1.165, 1.54) is 0 Å². The lowest BCUT2D eigenvalue weighted by atomic mass is 10.1. The molecule has 2 rings (SSSR count). The summed E-state index contributed by atoms with van der Waals surface area (Å²) < 4.78 is 5.48. The number of nitrogens with two attached hydrogens (primary N) is 1. The summed E-state index contributed by atoms with van der Waals surface area (Å²) in [5.74, 6) is 0.683. The number of nitrogens with zero attached hydrogens (tertiary/aromatic N) is 2. The molecular weight excluding hydrogens is 268 g/mol. The molecule has 0 spiro atoms. The van der Waals surface area contributed by atoms with Crippen LogP contribution in [0.15, 0.2) is 24.3 Å². The van der Waals surface area contributed by atoms with Crippen LogP contribution < -0.4 is 10.5 Å². The van der Waals surface area contributed by atoms with Gasteiger partial charge >= 0.3 is 0 Å². The van der Waals surface area contributed by atoms with E-state index in [0.29, 0.717) is 18.2 Å². The Balaban J connectivity index is 2.13. The van der Waals surface area contributed by atoms with Crippen LogP contribution in [0.4, 0.5) is 0 Å². The molecular formula is C12H13ClN4O2. The molecule has 19 heavy (non-hydrogen) atoms. The molecule has 3 N–H and O–H groups in total. The van der Waals surface area contributed by atoms with E-state index in [4.69, 9.17) is 22.1 Å². The van der Waals surface area contributed by atoms with Crippen LogP contribution in [-0.2, 0) is 0 Å². The van der Waals surface area contributed by atoms with Crippen LogP contribution in [0.2, 0.25) is 0 Å². The lowest BCUT2D eigenvalue weighted by Gasteiger charge is -2.05. The third kappa shape index (κ3) is 3.23. The minimum atomic E-state index is -0.619. The van der Waals surface area contributed by atoms with Crippen LogP contribution in [0.1, 0.15) is 16.9 Å². The van der Waals surface area contributed by atoms with Gasteiger partial charge in [0.25, 0.3) is 5.91 Å². The first-order valence-electron chi connectivity index (χ1n) is 5.72. The van der Waals surface area contributed by atoms with Gasteiger partial charge in [-0.3, -0.25) is 4.79 Å². The van der Waals surface area contributed by atoms with Crippen LogP contribution in [-0.4, -0.2) is 33.8 Å². The summed E-state index contributed by atoms with van der Waals surface area (Å²) in [4.78, 5) is 11.2. The Hall–Kier alpha value is -2.08. The van der Waals surface area contributed by atoms with Crippen molar-refractivity contribution in [2.45, 2.75) is 6.42 Å². The van der Waals surface area contributed by atoms with Crippen molar-refractivity contribution in [2.75, 3.05) is 12.5 Å². The fraction of sp³-hybridized carbons (Fsp3) is 0.250. The number of carbonyl (C=O) groups excluding carboxylic acids is 1. The quantitative estimate of drug-likeness (QED) is 0.620. The number of halogens is 1. The summed E-state index contributed by atoms with van der Waals surface area (Å²) in [6.07, 6.45) is 0.790. The molecule has 1 amide bonds. The smallest absolute Gasteiger partial charge is 0.271 e. The molecule has 0 atom stereocenters. The van der Waals surface area contributed by atoms with Gasteiger partial charge in [-0.05, 0) is 30.7 Å². The number of benzene rings is 1. The highest BCUT2D eigenvalue weighted by Crippen LogP contribution is 2.22. The topological polar surface area (TPSA) is 93.9 Å². The molecule has 2 aromatic rings. The molecule has 1 aromatic heterocycles. The molecule has 1 aromatic carbocycles. The van der Waals surface area contributed by atoms with E-state index < -0.39 is 5.91 Å². The summed E-state index contributed by atoms with van der Waals surface area (Å²) in [5.41, 5.74) is 6.50. The number of aromatic amines is 1. The van der Waals surface area contributed by atoms with Crippen LogP contribution in [0.3, 0.4) is 0 Å². The molecule has 0 saturated carbocycles. The first-order valence-corrected chi connectivity index (χ1v) is 6.25. The van der Waals surface area contributed by atoms with E-state index in [0.717, 1.165) is 17.7 Å². The molecule has 0 radical (unpaired) electrons. The highest BCUT2D eigenvalue weighted by atomic mass is 35.5. The number of nitrogens with one attached hydrogen (secondary N) is 1. The van der Waals surface area contributed by atoms with E-state index in [1.54, 1.807) is 24.3 Å². The lowest BCUT2D eigenvalue weighted by molar-refractivity contribution is 0.0996. The SMILES string of the molecule is NC(=O)c1n[nH]nc1-c1ccc(OCCCCl)cc1. The van der Waals surface area contributed by atoms with Crippen LogP contribution in [0.25, 0.3) is 11.3 Å². The average Bonchev–Trinajstić information content (AvgIpc) is 2.89. The third-order valence-electron chi connectivity index (χ3n) is 2.46. The van der Waals surface area contributed by atoms with Gasteiger partial charge in [0.1, 0.15) is 11.4 Å². The minimum absolute atomic E-state index is 0.121. The number of primary amides is 1. The van der Waals surface area contributed by atoms with Gasteiger partial charge in [-0.1, -0.05) is 0 Å². The number of H-pyrrole nitrogens is 1. The van der Waals surface area contributed by atoms with Crippen molar-refractivity contribution in [3.8, 4) is 17.0 Å². The maximum Gasteiger partial charge on any atom is 0.271 e. The summed E-state index contributed by atoms with van der Waals surface area (Å²) in [7, 11) is 0. The standard InChI is InChI=1S/C12H13ClN4O2/c13-6-1-7-19-9-4-2-8(3-5-9)10-11(12(14)18)16-17-15-10/h2-5H,1,6-7H2,(H2,14,18)(H,15,16,17). The van der Waals surface area contributed by atoms with Gasteiger partial charge in [-0.15, -0.1) is 11.6 Å². The summed E-state index contributed by atoms with van der Waals surface area (Å²) in [6, 6.07) is 7.17. The zero-order valence-corrected chi connectivity index (χ0v) is 10.9. The Morgan fingerprint density at radius 1 is 1.32 bits per heavy atom. The van der Waals surface area contributed by atoms with Gasteiger partial charge in [-0.2, -0.15) is 15.4 Å². The molecule has 0 aliphatic carbocycles. The van der Waals surface area contributed by atoms with Crippen molar-refractivity contribution >= 4 is 17.5 Å². The number of rotatable bonds is 6. The number of hydrogen-bond acceptors (Lipinski definition) is 4. The molecule has 0 aliphatic heterocycles. The van der Waals surface area contributed by atoms with Crippen molar-refractivity contribution in [3.05, 3.63) is 30.0 Å². The van der Waals surface area contributed by atoms with Crippen molar-refractivity contribution in [1.29, 1.82) is 0 Å². The maximum atomic E-state index is 11.2. The van der Waals surface area contributed by atoms with E-state index in [-0.39, 0.29) is 5.69 Å². The van der Waals surface area contributed by atoms with Gasteiger partial charge in [0.15, 0.2) is 5.69 Å². The third-order valence-corrected chi connectivity index (χ3v) is 2.72. The minimum Gasteiger partial charge on any atom is -0.494 e. The van der Waals surface area contributed by atoms with E-state index in [9.17, 15) is 4.79 Å². The molecule has 100 valence electrons. The molecule has 0 saturated heterocycles. The number of ether oxygens (including phenoxy) is 1. The molecule has 0 bridgehead atoms. The average molecular weight is 281 g/mol. The van der Waals surface area contributed by atoms with Crippen molar-refractivity contribution in [3.63, 3.8) is 0 Å². The van der Waals surface area contributed by atoms with Gasteiger partial charge in [-0.25, -0.2) is 0 Å². The Kier molecular flexibility index (Phi) is 4.35. The second-order valence-corrected chi connectivity index (χ2v) is 4.18. The van der Waals surface area contributed by atoms with Crippen molar-refractivity contribution in [1.82, 2.24) is 15.4 Å². The highest BCUT2D eigenvalue weighted by Gasteiger charge is 2.14. The van der Waals surface area contributed by atoms with E-state index >= 15 is 0 Å². The fourth-order valence-corrected chi connectivity index (χ4v) is 1.67. The summed E-state index contributed by atoms with van der Waals surface area (Å²) >= 11 is 5.57. The fourth-order valence-electron chi connectivity index (χ4n) is 1.56. The number of carbonyl (C=O) groups is 1. The lowest BCUT2D eigenvalue weighted by Crippen LogP contribution is -2.12. The van der Waals surface area contributed by atoms with Gasteiger partial charge in [0.05, 0.1) is 6.61 Å². The predicted octanol–water partition coefficient (Wildman–Crippen LogP) is 1.58. The largest absolute Gasteiger partial charge is 0.494 e. The van der Waals surface area contributed by atoms with Gasteiger partial charge < -0.3 is 10.5 Å². The van der Waals surface area contributed by atoms with Crippen LogP contribution in [0, 0.1) is 0 Å². The Morgan fingerprint density at radius 2 is 2.05 bits per heavy atom. The molecule has 6 nitrogen and oxygen atoms in total. The van der Waals surface area contributed by atoms with Crippen molar-refractivity contribution < 1.29 is 9.53 Å². The normalized spacial score (nSPS) is 10.4. The molecule has 7 heteroatoms. The number of alkyl halides is 1. The predicted molar refractivity (Wildman–Crippen MR) is 71.2 cm³/mol. The van der Waals surface area contributed by atoms with Crippen LogP contribution >= 0.6 is 11.6 Å². The second-order valence-electron chi connectivity index (χ2n) is 3.80.